The molecule has 0 aromatic heterocycles. The maximum absolute atomic E-state index is 11.9. The smallest absolute Gasteiger partial charge is 0.310 e. The van der Waals surface area contributed by atoms with Crippen LogP contribution in [-0.2, 0) is 33.4 Å². The number of carbonyl (C=O) groups is 4. The van der Waals surface area contributed by atoms with E-state index in [1.54, 1.807) is 6.92 Å². The van der Waals surface area contributed by atoms with Gasteiger partial charge >= 0.3 is 17.9 Å². The number of hydrogen-bond donors (Lipinski definition) is 0. The lowest BCUT2D eigenvalue weighted by Gasteiger charge is -2.17. The highest BCUT2D eigenvalue weighted by atomic mass is 16.6. The molecule has 0 aromatic carbocycles. The van der Waals surface area contributed by atoms with Crippen LogP contribution in [0.25, 0.3) is 0 Å². The largest absolute Gasteiger partial charge is 0.463 e. The van der Waals surface area contributed by atoms with E-state index in [9.17, 15) is 19.2 Å². The summed E-state index contributed by atoms with van der Waals surface area (Å²) >= 11 is 0. The van der Waals surface area contributed by atoms with Crippen LogP contribution in [0.1, 0.15) is 46.5 Å². The first kappa shape index (κ1) is 17.1. The molecule has 1 saturated heterocycles. The van der Waals surface area contributed by atoms with Crippen LogP contribution >= 0.6 is 0 Å². The molecule has 0 N–H and O–H groups in total. The Morgan fingerprint density at radius 1 is 1.29 bits per heavy atom. The summed E-state index contributed by atoms with van der Waals surface area (Å²) in [5, 5.41) is 0. The number of ether oxygens (including phenoxy) is 3. The zero-order valence-corrected chi connectivity index (χ0v) is 12.4. The molecular weight excluding hydrogens is 280 g/mol. The van der Waals surface area contributed by atoms with Crippen molar-refractivity contribution in [1.29, 1.82) is 0 Å². The zero-order chi connectivity index (χ0) is 16.0. The third kappa shape index (κ3) is 6.37. The van der Waals surface area contributed by atoms with Crippen molar-refractivity contribution in [1.82, 2.24) is 0 Å². The molecule has 7 heteroatoms. The highest BCUT2D eigenvalue weighted by molar-refractivity contribution is 5.81. The Morgan fingerprint density at radius 2 is 1.95 bits per heavy atom. The molecule has 0 amide bonds. The first-order valence-electron chi connectivity index (χ1n) is 6.83. The maximum Gasteiger partial charge on any atom is 0.310 e. The molecule has 0 spiro atoms. The summed E-state index contributed by atoms with van der Waals surface area (Å²) in [6.45, 7) is 4.24. The van der Waals surface area contributed by atoms with E-state index >= 15 is 0 Å². The normalized spacial score (nSPS) is 22.3. The van der Waals surface area contributed by atoms with Gasteiger partial charge in [0.2, 0.25) is 0 Å². The molecule has 0 aliphatic carbocycles. The Bertz CT molecular complexity index is 429. The van der Waals surface area contributed by atoms with Crippen LogP contribution in [-0.4, -0.2) is 42.0 Å². The van der Waals surface area contributed by atoms with Crippen molar-refractivity contribution in [3.05, 3.63) is 0 Å². The predicted octanol–water partition coefficient (Wildman–Crippen LogP) is 0.925. The van der Waals surface area contributed by atoms with Gasteiger partial charge in [0.1, 0.15) is 18.0 Å². The summed E-state index contributed by atoms with van der Waals surface area (Å²) in [5.74, 6) is -1.52. The van der Waals surface area contributed by atoms with Crippen molar-refractivity contribution in [3.63, 3.8) is 0 Å². The Labute approximate surface area is 122 Å². The van der Waals surface area contributed by atoms with Crippen molar-refractivity contribution >= 4 is 23.7 Å². The molecule has 1 aliphatic heterocycles. The van der Waals surface area contributed by atoms with Gasteiger partial charge in [0.25, 0.3) is 0 Å². The number of Topliss-reactive ketones (excluding diaryl/α,β-unsaturated/α-hetero) is 1. The molecule has 0 unspecified atom stereocenters. The SMILES string of the molecule is CC(=O)O[C@H](C)CCC(=O)C[C@@H]1OC(=O)C[C@@H]1OC(C)=O. The van der Waals surface area contributed by atoms with Gasteiger partial charge in [-0.15, -0.1) is 0 Å². The van der Waals surface area contributed by atoms with Gasteiger partial charge < -0.3 is 14.2 Å². The Hall–Kier alpha value is -1.92. The van der Waals surface area contributed by atoms with Crippen LogP contribution in [0.3, 0.4) is 0 Å². The van der Waals surface area contributed by atoms with Crippen LogP contribution in [0.4, 0.5) is 0 Å². The van der Waals surface area contributed by atoms with Crippen LogP contribution in [0, 0.1) is 0 Å². The highest BCUT2D eigenvalue weighted by Crippen LogP contribution is 2.22. The molecule has 1 rings (SSSR count). The summed E-state index contributed by atoms with van der Waals surface area (Å²) < 4.78 is 14.9. The van der Waals surface area contributed by atoms with Crippen LogP contribution in [0.2, 0.25) is 0 Å². The van der Waals surface area contributed by atoms with E-state index in [1.807, 2.05) is 0 Å². The number of hydrogen-bond acceptors (Lipinski definition) is 7. The summed E-state index contributed by atoms with van der Waals surface area (Å²) in [7, 11) is 0. The van der Waals surface area contributed by atoms with Gasteiger partial charge in [0, 0.05) is 26.7 Å². The quantitative estimate of drug-likeness (QED) is 0.509. The van der Waals surface area contributed by atoms with E-state index in [4.69, 9.17) is 14.2 Å². The molecule has 21 heavy (non-hydrogen) atoms. The van der Waals surface area contributed by atoms with Gasteiger partial charge in [0.05, 0.1) is 12.5 Å². The fourth-order valence-electron chi connectivity index (χ4n) is 2.13. The van der Waals surface area contributed by atoms with Crippen LogP contribution < -0.4 is 0 Å². The minimum absolute atomic E-state index is 0.00349. The van der Waals surface area contributed by atoms with Gasteiger partial charge in [-0.1, -0.05) is 0 Å². The lowest BCUT2D eigenvalue weighted by Crippen LogP contribution is -2.29. The van der Waals surface area contributed by atoms with E-state index in [-0.39, 0.29) is 31.1 Å². The first-order chi connectivity index (χ1) is 9.77. The van der Waals surface area contributed by atoms with E-state index < -0.39 is 30.1 Å². The molecule has 3 atom stereocenters. The molecule has 0 radical (unpaired) electrons. The zero-order valence-electron chi connectivity index (χ0n) is 12.4. The molecule has 7 nitrogen and oxygen atoms in total. The van der Waals surface area contributed by atoms with Crippen molar-refractivity contribution in [2.24, 2.45) is 0 Å². The molecule has 0 aromatic rings. The molecule has 1 fully saturated rings. The average molecular weight is 300 g/mol. The number of esters is 3. The number of cyclic esters (lactones) is 1. The monoisotopic (exact) mass is 300 g/mol. The summed E-state index contributed by atoms with van der Waals surface area (Å²) in [4.78, 5) is 44.8. The fraction of sp³-hybridized carbons (Fsp3) is 0.714. The summed E-state index contributed by atoms with van der Waals surface area (Å²) in [6.07, 6.45) is -1.20. The minimum Gasteiger partial charge on any atom is -0.463 e. The molecular formula is C14H20O7. The van der Waals surface area contributed by atoms with Gasteiger partial charge in [-0.3, -0.25) is 19.2 Å². The lowest BCUT2D eigenvalue weighted by atomic mass is 10.0. The Morgan fingerprint density at radius 3 is 2.52 bits per heavy atom. The molecule has 1 heterocycles. The first-order valence-corrected chi connectivity index (χ1v) is 6.83. The van der Waals surface area contributed by atoms with E-state index in [1.165, 1.54) is 13.8 Å². The molecule has 0 saturated carbocycles. The standard InChI is InChI=1S/C14H20O7/c1-8(19-9(2)15)4-5-11(17)6-12-13(20-10(3)16)7-14(18)21-12/h8,12-13H,4-7H2,1-3H3/t8-,12+,13+/m1/s1. The van der Waals surface area contributed by atoms with Crippen LogP contribution in [0.15, 0.2) is 0 Å². The maximum atomic E-state index is 11.9. The van der Waals surface area contributed by atoms with Crippen molar-refractivity contribution in [2.75, 3.05) is 0 Å². The van der Waals surface area contributed by atoms with E-state index in [0.29, 0.717) is 6.42 Å². The summed E-state index contributed by atoms with van der Waals surface area (Å²) in [6, 6.07) is 0. The average Bonchev–Trinajstić information content (AvgIpc) is 2.65. The topological polar surface area (TPSA) is 96.0 Å². The van der Waals surface area contributed by atoms with Gasteiger partial charge in [-0.25, -0.2) is 0 Å². The minimum atomic E-state index is -0.724. The van der Waals surface area contributed by atoms with E-state index in [0.717, 1.165) is 0 Å². The third-order valence-corrected chi connectivity index (χ3v) is 3.01. The molecule has 0 bridgehead atoms. The molecule has 1 aliphatic rings. The highest BCUT2D eigenvalue weighted by Gasteiger charge is 2.38. The predicted molar refractivity (Wildman–Crippen MR) is 70.1 cm³/mol. The van der Waals surface area contributed by atoms with Gasteiger partial charge in [0.15, 0.2) is 0 Å². The van der Waals surface area contributed by atoms with Gasteiger partial charge in [-0.05, 0) is 13.3 Å². The van der Waals surface area contributed by atoms with Crippen molar-refractivity contribution in [3.8, 4) is 0 Å². The van der Waals surface area contributed by atoms with Crippen molar-refractivity contribution in [2.45, 2.75) is 64.8 Å². The summed E-state index contributed by atoms with van der Waals surface area (Å²) in [5.41, 5.74) is 0. The number of rotatable bonds is 7. The number of ketones is 1. The van der Waals surface area contributed by atoms with Crippen molar-refractivity contribution < 1.29 is 33.4 Å². The van der Waals surface area contributed by atoms with Crippen LogP contribution in [0.5, 0.6) is 0 Å². The second-order valence-electron chi connectivity index (χ2n) is 5.08. The Kier molecular flexibility index (Phi) is 6.33. The van der Waals surface area contributed by atoms with Gasteiger partial charge in [-0.2, -0.15) is 0 Å². The molecule has 118 valence electrons. The van der Waals surface area contributed by atoms with E-state index in [2.05, 4.69) is 0 Å². The third-order valence-electron chi connectivity index (χ3n) is 3.01. The Balaban J connectivity index is 2.40. The second-order valence-corrected chi connectivity index (χ2v) is 5.08. The number of carbonyl (C=O) groups excluding carboxylic acids is 4. The second kappa shape index (κ2) is 7.75. The lowest BCUT2D eigenvalue weighted by molar-refractivity contribution is -0.152. The fourth-order valence-corrected chi connectivity index (χ4v) is 2.13.